The van der Waals surface area contributed by atoms with Gasteiger partial charge in [0.05, 0.1) is 18.2 Å². The average Bonchev–Trinajstić information content (AvgIpc) is 3.59. The molecule has 0 spiro atoms. The van der Waals surface area contributed by atoms with E-state index in [9.17, 15) is 32.0 Å². The molecule has 220 valence electrons. The highest BCUT2D eigenvalue weighted by atomic mass is 19.4. The third-order valence-electron chi connectivity index (χ3n) is 8.93. The van der Waals surface area contributed by atoms with Crippen molar-refractivity contribution in [2.24, 2.45) is 13.0 Å². The van der Waals surface area contributed by atoms with Crippen molar-refractivity contribution in [3.63, 3.8) is 0 Å². The molecule has 2 aliphatic carbocycles. The Balaban J connectivity index is 1.29. The van der Waals surface area contributed by atoms with Gasteiger partial charge in [-0.05, 0) is 60.2 Å². The Morgan fingerprint density at radius 2 is 1.95 bits per heavy atom. The van der Waals surface area contributed by atoms with Gasteiger partial charge in [-0.3, -0.25) is 4.79 Å². The number of halogens is 5. The van der Waals surface area contributed by atoms with Crippen molar-refractivity contribution in [2.75, 3.05) is 4.90 Å². The molecule has 2 saturated carbocycles. The van der Waals surface area contributed by atoms with Crippen molar-refractivity contribution in [2.45, 2.75) is 75.2 Å². The molecule has 42 heavy (non-hydrogen) atoms. The lowest BCUT2D eigenvalue weighted by Crippen LogP contribution is -2.43. The Labute approximate surface area is 239 Å². The second kappa shape index (κ2) is 10.2. The Morgan fingerprint density at radius 1 is 1.17 bits per heavy atom. The molecular formula is C30H29F5N6O. The number of aryl methyl sites for hydroxylation is 1. The van der Waals surface area contributed by atoms with Crippen LogP contribution in [0.1, 0.15) is 70.5 Å². The summed E-state index contributed by atoms with van der Waals surface area (Å²) in [5.41, 5.74) is 0.122. The molecule has 1 amide bonds. The monoisotopic (exact) mass is 584 g/mol. The number of nitriles is 1. The molecule has 0 radical (unpaired) electrons. The summed E-state index contributed by atoms with van der Waals surface area (Å²) in [6.45, 7) is -0.295. The summed E-state index contributed by atoms with van der Waals surface area (Å²) in [6.07, 6.45) is -1.76. The molecule has 1 aliphatic heterocycles. The minimum absolute atomic E-state index is 0.0363. The molecule has 2 heterocycles. The lowest BCUT2D eigenvalue weighted by atomic mass is 9.57. The van der Waals surface area contributed by atoms with E-state index in [1.807, 2.05) is 23.7 Å². The highest BCUT2D eigenvalue weighted by molar-refractivity contribution is 6.10. The van der Waals surface area contributed by atoms with E-state index in [-0.39, 0.29) is 55.0 Å². The maximum atomic E-state index is 14.2. The summed E-state index contributed by atoms with van der Waals surface area (Å²) in [7, 11) is 1.84. The molecule has 1 N–H and O–H groups in total. The molecule has 1 aromatic heterocycles. The minimum atomic E-state index is -4.70. The van der Waals surface area contributed by atoms with Crippen LogP contribution in [0.4, 0.5) is 27.6 Å². The van der Waals surface area contributed by atoms with Crippen LogP contribution in [0.15, 0.2) is 42.7 Å². The summed E-state index contributed by atoms with van der Waals surface area (Å²) in [5, 5.41) is 20.6. The van der Waals surface area contributed by atoms with E-state index in [1.165, 1.54) is 11.0 Å². The van der Waals surface area contributed by atoms with Gasteiger partial charge < -0.3 is 14.8 Å². The first-order valence-electron chi connectivity index (χ1n) is 13.9. The van der Waals surface area contributed by atoms with Gasteiger partial charge in [0, 0.05) is 61.5 Å². The van der Waals surface area contributed by atoms with Crippen LogP contribution in [-0.4, -0.2) is 32.6 Å². The predicted molar refractivity (Wildman–Crippen MR) is 143 cm³/mol. The van der Waals surface area contributed by atoms with Gasteiger partial charge in [0.15, 0.2) is 0 Å². The number of anilines is 1. The number of hydrogen-bond donors (Lipinski definition) is 1. The van der Waals surface area contributed by atoms with Crippen molar-refractivity contribution in [1.29, 1.82) is 5.26 Å². The van der Waals surface area contributed by atoms with Crippen molar-refractivity contribution in [1.82, 2.24) is 20.1 Å². The summed E-state index contributed by atoms with van der Waals surface area (Å²) in [5.74, 6) is -2.71. The van der Waals surface area contributed by atoms with Crippen LogP contribution in [0, 0.1) is 17.2 Å². The van der Waals surface area contributed by atoms with Crippen LogP contribution >= 0.6 is 0 Å². The maximum absolute atomic E-state index is 14.2. The zero-order valence-corrected chi connectivity index (χ0v) is 22.9. The zero-order chi connectivity index (χ0) is 29.9. The van der Waals surface area contributed by atoms with Crippen LogP contribution < -0.4 is 10.2 Å². The highest BCUT2D eigenvalue weighted by Crippen LogP contribution is 2.50. The number of rotatable bonds is 7. The van der Waals surface area contributed by atoms with Crippen LogP contribution in [0.5, 0.6) is 0 Å². The molecule has 12 heteroatoms. The molecular weight excluding hydrogens is 555 g/mol. The molecule has 3 aliphatic rings. The van der Waals surface area contributed by atoms with Gasteiger partial charge in [-0.15, -0.1) is 10.2 Å². The normalized spacial score (nSPS) is 24.9. The van der Waals surface area contributed by atoms with Crippen molar-refractivity contribution in [3.05, 3.63) is 76.4 Å². The lowest BCUT2D eigenvalue weighted by molar-refractivity contribution is -0.138. The van der Waals surface area contributed by atoms with Gasteiger partial charge in [0.1, 0.15) is 12.2 Å². The van der Waals surface area contributed by atoms with E-state index >= 15 is 0 Å². The van der Waals surface area contributed by atoms with E-state index < -0.39 is 35.0 Å². The standard InChI is InChI=1S/C30H29F5N6O/c1-40-17-38-39-26(40)13-28(10-19(11-28)14-36)20-3-2-4-22(9-20)41-16-24-23(27(41)42)7-18(8-25(24)30(33,34)35)15-37-21-5-6-29(31,32)12-21/h2-4,7-9,17,19,21,37H,5-6,10-13,15-16H2,1H3. The third kappa shape index (κ3) is 5.15. The summed E-state index contributed by atoms with van der Waals surface area (Å²) < 4.78 is 71.6. The second-order valence-electron chi connectivity index (χ2n) is 11.8. The predicted octanol–water partition coefficient (Wildman–Crippen LogP) is 5.69. The van der Waals surface area contributed by atoms with Crippen LogP contribution in [0.25, 0.3) is 0 Å². The summed E-state index contributed by atoms with van der Waals surface area (Å²) in [6, 6.07) is 11.5. The van der Waals surface area contributed by atoms with Gasteiger partial charge in [0.25, 0.3) is 5.91 Å². The number of nitrogens with one attached hydrogen (secondary N) is 1. The molecule has 2 aromatic carbocycles. The molecule has 0 bridgehead atoms. The second-order valence-corrected chi connectivity index (χ2v) is 11.8. The third-order valence-corrected chi connectivity index (χ3v) is 8.93. The van der Waals surface area contributed by atoms with E-state index in [0.29, 0.717) is 24.9 Å². The first kappa shape index (κ1) is 28.3. The Kier molecular flexibility index (Phi) is 6.84. The number of carbonyl (C=O) groups excluding carboxylic acids is 1. The Hall–Kier alpha value is -3.85. The minimum Gasteiger partial charge on any atom is -0.321 e. The first-order chi connectivity index (χ1) is 19.9. The Morgan fingerprint density at radius 3 is 2.60 bits per heavy atom. The van der Waals surface area contributed by atoms with Gasteiger partial charge in [-0.1, -0.05) is 12.1 Å². The highest BCUT2D eigenvalue weighted by Gasteiger charge is 2.47. The number of hydrogen-bond acceptors (Lipinski definition) is 5. The molecule has 2 fully saturated rings. The van der Waals surface area contributed by atoms with Gasteiger partial charge >= 0.3 is 6.18 Å². The number of carbonyl (C=O) groups is 1. The quantitative estimate of drug-likeness (QED) is 0.361. The lowest BCUT2D eigenvalue weighted by Gasteiger charge is -2.45. The van der Waals surface area contributed by atoms with Crippen molar-refractivity contribution < 1.29 is 26.7 Å². The molecule has 7 nitrogen and oxygen atoms in total. The number of aromatic nitrogens is 3. The fourth-order valence-electron chi connectivity index (χ4n) is 6.65. The number of fused-ring (bicyclic) bond motifs is 1. The van der Waals surface area contributed by atoms with Gasteiger partial charge in [-0.2, -0.15) is 18.4 Å². The van der Waals surface area contributed by atoms with E-state index in [0.717, 1.165) is 17.5 Å². The fourth-order valence-corrected chi connectivity index (χ4v) is 6.65. The summed E-state index contributed by atoms with van der Waals surface area (Å²) >= 11 is 0. The fraction of sp³-hybridized carbons (Fsp3) is 0.467. The number of benzene rings is 2. The molecule has 6 rings (SSSR count). The number of alkyl halides is 5. The van der Waals surface area contributed by atoms with E-state index in [2.05, 4.69) is 21.6 Å². The Bertz CT molecular complexity index is 1570. The van der Waals surface area contributed by atoms with Crippen LogP contribution in [-0.2, 0) is 38.1 Å². The van der Waals surface area contributed by atoms with Gasteiger partial charge in [0.2, 0.25) is 5.92 Å². The van der Waals surface area contributed by atoms with E-state index in [4.69, 9.17) is 0 Å². The average molecular weight is 585 g/mol. The largest absolute Gasteiger partial charge is 0.416 e. The van der Waals surface area contributed by atoms with Crippen molar-refractivity contribution in [3.8, 4) is 6.07 Å². The zero-order valence-electron chi connectivity index (χ0n) is 22.9. The topological polar surface area (TPSA) is 86.8 Å². The smallest absolute Gasteiger partial charge is 0.321 e. The molecule has 1 unspecified atom stereocenters. The van der Waals surface area contributed by atoms with Crippen molar-refractivity contribution >= 4 is 11.6 Å². The SMILES string of the molecule is Cn1cnnc1CC1(c2cccc(N3Cc4c(cc(CNC5CCC(F)(F)C5)cc4C(F)(F)F)C3=O)c2)CC(C#N)C1. The van der Waals surface area contributed by atoms with Crippen LogP contribution in [0.2, 0.25) is 0 Å². The number of nitrogens with zero attached hydrogens (tertiary/aromatic N) is 5. The number of amides is 1. The maximum Gasteiger partial charge on any atom is 0.416 e. The molecule has 1 atom stereocenters. The molecule has 0 saturated heterocycles. The van der Waals surface area contributed by atoms with Crippen LogP contribution in [0.3, 0.4) is 0 Å². The van der Waals surface area contributed by atoms with Gasteiger partial charge in [-0.25, -0.2) is 8.78 Å². The first-order valence-corrected chi connectivity index (χ1v) is 13.9. The molecule has 3 aromatic rings. The van der Waals surface area contributed by atoms with E-state index in [1.54, 1.807) is 18.5 Å². The summed E-state index contributed by atoms with van der Waals surface area (Å²) in [4.78, 5) is 14.9.